The molecule has 0 spiro atoms. The number of aliphatic hydroxyl groups is 2. The molecule has 0 aromatic rings. The van der Waals surface area contributed by atoms with Crippen LogP contribution in [0.5, 0.6) is 0 Å². The van der Waals surface area contributed by atoms with Crippen molar-refractivity contribution in [1.29, 1.82) is 0 Å². The van der Waals surface area contributed by atoms with Gasteiger partial charge in [-0.1, -0.05) is 89.9 Å². The van der Waals surface area contributed by atoms with E-state index in [0.717, 1.165) is 25.7 Å². The molecule has 0 saturated carbocycles. The Morgan fingerprint density at radius 1 is 0.417 bits per heavy atom. The molecule has 0 heterocycles. The number of aliphatic hydroxyl groups excluding tert-OH is 2. The van der Waals surface area contributed by atoms with Crippen LogP contribution in [-0.4, -0.2) is 33.9 Å². The highest BCUT2D eigenvalue weighted by Crippen LogP contribution is 2.14. The van der Waals surface area contributed by atoms with E-state index >= 15 is 0 Å². The van der Waals surface area contributed by atoms with Crippen LogP contribution in [0.1, 0.15) is 103 Å². The van der Waals surface area contributed by atoms with Crippen LogP contribution in [0.3, 0.4) is 0 Å². The van der Waals surface area contributed by atoms with Gasteiger partial charge in [0.25, 0.3) is 0 Å². The molecule has 0 rings (SSSR count). The molecular formula is C20H42O2S2. The van der Waals surface area contributed by atoms with Crippen LogP contribution in [0.4, 0.5) is 0 Å². The molecular weight excluding hydrogens is 336 g/mol. The molecule has 0 aliphatic rings. The normalized spacial score (nSPS) is 14.0. The van der Waals surface area contributed by atoms with Crippen LogP contribution < -0.4 is 0 Å². The molecule has 0 radical (unpaired) electrons. The molecule has 2 N–H and O–H groups in total. The van der Waals surface area contributed by atoms with Gasteiger partial charge in [0, 0.05) is 11.5 Å². The highest BCUT2D eigenvalue weighted by atomic mass is 32.1. The number of rotatable bonds is 19. The molecule has 0 bridgehead atoms. The van der Waals surface area contributed by atoms with E-state index in [0.29, 0.717) is 11.5 Å². The van der Waals surface area contributed by atoms with Gasteiger partial charge in [-0.15, -0.1) is 0 Å². The van der Waals surface area contributed by atoms with Crippen molar-refractivity contribution in [3.05, 3.63) is 0 Å². The van der Waals surface area contributed by atoms with E-state index in [4.69, 9.17) is 0 Å². The van der Waals surface area contributed by atoms with E-state index in [1.807, 2.05) is 0 Å². The van der Waals surface area contributed by atoms with Crippen molar-refractivity contribution < 1.29 is 10.2 Å². The van der Waals surface area contributed by atoms with Crippen molar-refractivity contribution in [3.8, 4) is 0 Å². The lowest BCUT2D eigenvalue weighted by molar-refractivity contribution is 0.185. The standard InChI is InChI=1S/C20H42O2S2/c21-19(17-23)15-13-11-9-7-5-3-1-2-4-6-8-10-12-14-16-20(22)18-24/h19-24H,1-18H2. The zero-order valence-corrected chi connectivity index (χ0v) is 17.5. The minimum atomic E-state index is -0.201. The van der Waals surface area contributed by atoms with Gasteiger partial charge in [-0.25, -0.2) is 0 Å². The molecule has 2 nitrogen and oxygen atoms in total. The summed E-state index contributed by atoms with van der Waals surface area (Å²) in [4.78, 5) is 0. The smallest absolute Gasteiger partial charge is 0.0628 e. The fourth-order valence-electron chi connectivity index (χ4n) is 3.06. The van der Waals surface area contributed by atoms with Crippen molar-refractivity contribution >= 4 is 25.3 Å². The second kappa shape index (κ2) is 19.9. The van der Waals surface area contributed by atoms with Crippen molar-refractivity contribution in [2.24, 2.45) is 0 Å². The second-order valence-corrected chi connectivity index (χ2v) is 7.93. The molecule has 24 heavy (non-hydrogen) atoms. The first-order valence-corrected chi connectivity index (χ1v) is 11.5. The Morgan fingerprint density at radius 2 is 0.625 bits per heavy atom. The van der Waals surface area contributed by atoms with Gasteiger partial charge >= 0.3 is 0 Å². The minimum Gasteiger partial charge on any atom is -0.392 e. The summed E-state index contributed by atoms with van der Waals surface area (Å²) in [5, 5.41) is 18.8. The van der Waals surface area contributed by atoms with Gasteiger partial charge in [0.1, 0.15) is 0 Å². The lowest BCUT2D eigenvalue weighted by atomic mass is 10.0. The van der Waals surface area contributed by atoms with Crippen LogP contribution in [0.25, 0.3) is 0 Å². The average molecular weight is 379 g/mol. The van der Waals surface area contributed by atoms with E-state index in [1.165, 1.54) is 77.0 Å². The van der Waals surface area contributed by atoms with Crippen LogP contribution >= 0.6 is 25.3 Å². The number of hydrogen-bond donors (Lipinski definition) is 4. The Hall–Kier alpha value is 0.620. The summed E-state index contributed by atoms with van der Waals surface area (Å²) in [6.07, 6.45) is 19.9. The zero-order valence-electron chi connectivity index (χ0n) is 15.7. The van der Waals surface area contributed by atoms with Crippen molar-refractivity contribution in [2.75, 3.05) is 11.5 Å². The highest BCUT2D eigenvalue weighted by Gasteiger charge is 2.01. The average Bonchev–Trinajstić information content (AvgIpc) is 2.60. The summed E-state index contributed by atoms with van der Waals surface area (Å²) in [5.74, 6) is 1.19. The fraction of sp³-hybridized carbons (Fsp3) is 1.00. The second-order valence-electron chi connectivity index (χ2n) is 7.20. The summed E-state index contributed by atoms with van der Waals surface area (Å²) in [6, 6.07) is 0. The van der Waals surface area contributed by atoms with Gasteiger partial charge in [-0.3, -0.25) is 0 Å². The first kappa shape index (κ1) is 24.6. The largest absolute Gasteiger partial charge is 0.392 e. The molecule has 0 aromatic carbocycles. The fourth-order valence-corrected chi connectivity index (χ4v) is 3.43. The van der Waals surface area contributed by atoms with Crippen molar-refractivity contribution in [1.82, 2.24) is 0 Å². The van der Waals surface area contributed by atoms with Gasteiger partial charge in [-0.05, 0) is 12.8 Å². The highest BCUT2D eigenvalue weighted by molar-refractivity contribution is 7.80. The van der Waals surface area contributed by atoms with Crippen LogP contribution in [-0.2, 0) is 0 Å². The monoisotopic (exact) mass is 378 g/mol. The molecule has 2 unspecified atom stereocenters. The summed E-state index contributed by atoms with van der Waals surface area (Å²) in [5.41, 5.74) is 0. The van der Waals surface area contributed by atoms with Gasteiger partial charge in [0.05, 0.1) is 12.2 Å². The molecule has 0 aromatic heterocycles. The Kier molecular flexibility index (Phi) is 20.5. The van der Waals surface area contributed by atoms with Crippen molar-refractivity contribution in [2.45, 2.75) is 115 Å². The van der Waals surface area contributed by atoms with E-state index in [1.54, 1.807) is 0 Å². The molecule has 0 aliphatic heterocycles. The van der Waals surface area contributed by atoms with Crippen LogP contribution in [0, 0.1) is 0 Å². The number of hydrogen-bond acceptors (Lipinski definition) is 4. The molecule has 0 amide bonds. The van der Waals surface area contributed by atoms with E-state index in [9.17, 15) is 10.2 Å². The Balaban J connectivity index is 3.03. The third-order valence-electron chi connectivity index (χ3n) is 4.75. The molecule has 4 heteroatoms. The summed E-state index contributed by atoms with van der Waals surface area (Å²) in [6.45, 7) is 0. The minimum absolute atomic E-state index is 0.201. The first-order valence-electron chi connectivity index (χ1n) is 10.3. The summed E-state index contributed by atoms with van der Waals surface area (Å²) >= 11 is 8.18. The third-order valence-corrected chi connectivity index (χ3v) is 5.59. The first-order chi connectivity index (χ1) is 11.7. The molecule has 0 saturated heterocycles. The van der Waals surface area contributed by atoms with Gasteiger partial charge in [-0.2, -0.15) is 25.3 Å². The summed E-state index contributed by atoms with van der Waals surface area (Å²) in [7, 11) is 0. The SMILES string of the molecule is OC(CS)CCCCCCCCCCCCCCCCC(O)CS. The molecule has 146 valence electrons. The predicted molar refractivity (Wildman–Crippen MR) is 114 cm³/mol. The topological polar surface area (TPSA) is 40.5 Å². The zero-order chi connectivity index (χ0) is 17.9. The maximum atomic E-state index is 9.40. The maximum absolute atomic E-state index is 9.40. The van der Waals surface area contributed by atoms with E-state index in [-0.39, 0.29) is 12.2 Å². The third kappa shape index (κ3) is 19.0. The van der Waals surface area contributed by atoms with Crippen LogP contribution in [0.15, 0.2) is 0 Å². The lowest BCUT2D eigenvalue weighted by Crippen LogP contribution is -2.07. The Bertz CT molecular complexity index is 216. The van der Waals surface area contributed by atoms with Gasteiger partial charge < -0.3 is 10.2 Å². The van der Waals surface area contributed by atoms with Crippen LogP contribution in [0.2, 0.25) is 0 Å². The maximum Gasteiger partial charge on any atom is 0.0628 e. The van der Waals surface area contributed by atoms with Gasteiger partial charge in [0.15, 0.2) is 0 Å². The predicted octanol–water partition coefficient (Wildman–Crippen LogP) is 5.81. The van der Waals surface area contributed by atoms with Gasteiger partial charge in [0.2, 0.25) is 0 Å². The molecule has 2 atom stereocenters. The Labute approximate surface area is 162 Å². The quantitative estimate of drug-likeness (QED) is 0.169. The molecule has 0 fully saturated rings. The number of unbranched alkanes of at least 4 members (excludes halogenated alkanes) is 13. The number of thiol groups is 2. The van der Waals surface area contributed by atoms with Crippen molar-refractivity contribution in [3.63, 3.8) is 0 Å². The van der Waals surface area contributed by atoms with E-state index < -0.39 is 0 Å². The molecule has 0 aliphatic carbocycles. The summed E-state index contributed by atoms with van der Waals surface area (Å²) < 4.78 is 0. The lowest BCUT2D eigenvalue weighted by Gasteiger charge is -2.07. The Morgan fingerprint density at radius 3 is 0.833 bits per heavy atom. The van der Waals surface area contributed by atoms with E-state index in [2.05, 4.69) is 25.3 Å².